The molecule has 9 heteroatoms. The second-order valence-corrected chi connectivity index (χ2v) is 11.5. The third-order valence-electron chi connectivity index (χ3n) is 6.45. The van der Waals surface area contributed by atoms with E-state index < -0.39 is 15.3 Å². The van der Waals surface area contributed by atoms with Gasteiger partial charge in [-0.2, -0.15) is 0 Å². The number of nitrogens with zero attached hydrogens (tertiary/aromatic N) is 1. The summed E-state index contributed by atoms with van der Waals surface area (Å²) in [5, 5.41) is 2.99. The fraction of sp³-hybridized carbons (Fsp3) is 0.739. The van der Waals surface area contributed by atoms with E-state index in [-0.39, 0.29) is 24.8 Å². The SMILES string of the molecule is Cc1cnc(OCC=O)c(C2CCC(OC[C@@H]3NCCC[C@@H]3NS(=O)(=O)C(C)C)CC2)c1. The number of rotatable bonds is 10. The van der Waals surface area contributed by atoms with E-state index >= 15 is 0 Å². The number of carbonyl (C=O) groups excluding carboxylic acids is 1. The van der Waals surface area contributed by atoms with Gasteiger partial charge in [-0.3, -0.25) is 4.79 Å². The first-order valence-corrected chi connectivity index (χ1v) is 13.2. The topological polar surface area (TPSA) is 107 Å². The lowest BCUT2D eigenvalue weighted by Gasteiger charge is -2.35. The van der Waals surface area contributed by atoms with Crippen molar-refractivity contribution >= 4 is 16.3 Å². The standard InChI is InChI=1S/C23H37N3O5S/c1-16(2)32(28,29)26-21-5-4-10-24-22(21)15-31-19-8-6-18(7-9-19)20-13-17(3)14-25-23(20)30-12-11-27/h11,13-14,16,18-19,21-22,24,26H,4-10,12,15H2,1-3H3/t18?,19?,21-,22-/m0/s1. The number of aldehydes is 1. The van der Waals surface area contributed by atoms with Crippen molar-refractivity contribution in [3.05, 3.63) is 23.4 Å². The van der Waals surface area contributed by atoms with E-state index in [1.54, 1.807) is 20.0 Å². The number of ether oxygens (including phenoxy) is 2. The molecule has 1 saturated heterocycles. The Hall–Kier alpha value is -1.55. The van der Waals surface area contributed by atoms with Crippen LogP contribution in [0.2, 0.25) is 0 Å². The lowest BCUT2D eigenvalue weighted by molar-refractivity contribution is -0.109. The fourth-order valence-corrected chi connectivity index (χ4v) is 5.48. The molecular formula is C23H37N3O5S. The summed E-state index contributed by atoms with van der Waals surface area (Å²) in [4.78, 5) is 15.1. The summed E-state index contributed by atoms with van der Waals surface area (Å²) in [6.07, 6.45) is 8.24. The number of carbonyl (C=O) groups is 1. The van der Waals surface area contributed by atoms with Crippen LogP contribution in [0.15, 0.2) is 12.3 Å². The molecule has 2 heterocycles. The molecule has 8 nitrogen and oxygen atoms in total. The van der Waals surface area contributed by atoms with Crippen LogP contribution in [0.3, 0.4) is 0 Å². The minimum absolute atomic E-state index is 0.0115. The molecule has 0 aromatic carbocycles. The Labute approximate surface area is 191 Å². The van der Waals surface area contributed by atoms with Crippen LogP contribution in [0.25, 0.3) is 0 Å². The summed E-state index contributed by atoms with van der Waals surface area (Å²) in [5.74, 6) is 0.890. The van der Waals surface area contributed by atoms with Gasteiger partial charge in [0.05, 0.1) is 18.0 Å². The van der Waals surface area contributed by atoms with E-state index in [0.29, 0.717) is 18.4 Å². The van der Waals surface area contributed by atoms with E-state index in [0.717, 1.165) is 62.5 Å². The zero-order valence-corrected chi connectivity index (χ0v) is 20.2. The highest BCUT2D eigenvalue weighted by Crippen LogP contribution is 2.38. The number of piperidine rings is 1. The largest absolute Gasteiger partial charge is 0.470 e. The molecule has 0 unspecified atom stereocenters. The van der Waals surface area contributed by atoms with Gasteiger partial charge < -0.3 is 14.8 Å². The minimum atomic E-state index is -3.31. The average Bonchev–Trinajstić information content (AvgIpc) is 2.77. The Kier molecular flexibility index (Phi) is 9.04. The van der Waals surface area contributed by atoms with Crippen LogP contribution in [-0.2, 0) is 19.6 Å². The maximum absolute atomic E-state index is 12.3. The molecule has 32 heavy (non-hydrogen) atoms. The molecule has 0 spiro atoms. The van der Waals surface area contributed by atoms with Crippen LogP contribution in [-0.4, -0.2) is 62.9 Å². The molecule has 0 bridgehead atoms. The highest BCUT2D eigenvalue weighted by Gasteiger charge is 2.32. The quantitative estimate of drug-likeness (QED) is 0.509. The first-order valence-electron chi connectivity index (χ1n) is 11.7. The van der Waals surface area contributed by atoms with Gasteiger partial charge in [-0.15, -0.1) is 0 Å². The first kappa shape index (κ1) is 25.1. The van der Waals surface area contributed by atoms with Crippen LogP contribution in [0, 0.1) is 6.92 Å². The lowest BCUT2D eigenvalue weighted by atomic mass is 9.82. The average molecular weight is 468 g/mol. The number of sulfonamides is 1. The second kappa shape index (κ2) is 11.5. The van der Waals surface area contributed by atoms with Crippen LogP contribution in [0.1, 0.15) is 69.4 Å². The number of hydrogen-bond acceptors (Lipinski definition) is 7. The Morgan fingerprint density at radius 3 is 2.69 bits per heavy atom. The number of aromatic nitrogens is 1. The van der Waals surface area contributed by atoms with E-state index in [9.17, 15) is 13.2 Å². The van der Waals surface area contributed by atoms with Crippen molar-refractivity contribution < 1.29 is 22.7 Å². The molecule has 0 radical (unpaired) electrons. The Balaban J connectivity index is 1.53. The van der Waals surface area contributed by atoms with Crippen molar-refractivity contribution in [2.24, 2.45) is 0 Å². The Morgan fingerprint density at radius 1 is 1.25 bits per heavy atom. The fourth-order valence-electron chi connectivity index (χ4n) is 4.50. The van der Waals surface area contributed by atoms with Gasteiger partial charge in [0.25, 0.3) is 0 Å². The molecule has 1 aliphatic heterocycles. The molecule has 2 N–H and O–H groups in total. The number of aryl methyl sites for hydroxylation is 1. The van der Waals surface area contributed by atoms with Gasteiger partial charge >= 0.3 is 0 Å². The van der Waals surface area contributed by atoms with Crippen LogP contribution in [0.5, 0.6) is 5.88 Å². The summed E-state index contributed by atoms with van der Waals surface area (Å²) in [5.41, 5.74) is 2.15. The van der Waals surface area contributed by atoms with Crippen molar-refractivity contribution in [3.8, 4) is 5.88 Å². The van der Waals surface area contributed by atoms with Crippen molar-refractivity contribution in [1.82, 2.24) is 15.0 Å². The van der Waals surface area contributed by atoms with Gasteiger partial charge in [-0.05, 0) is 83.4 Å². The van der Waals surface area contributed by atoms with E-state index in [1.807, 2.05) is 6.92 Å². The molecule has 0 amide bonds. The molecule has 2 aliphatic rings. The molecule has 1 aliphatic carbocycles. The first-order chi connectivity index (χ1) is 15.3. The predicted octanol–water partition coefficient (Wildman–Crippen LogP) is 2.46. The second-order valence-electron chi connectivity index (χ2n) is 9.21. The number of hydrogen-bond donors (Lipinski definition) is 2. The van der Waals surface area contributed by atoms with Crippen LogP contribution in [0.4, 0.5) is 0 Å². The van der Waals surface area contributed by atoms with Gasteiger partial charge in [0, 0.05) is 23.8 Å². The summed E-state index contributed by atoms with van der Waals surface area (Å²) >= 11 is 0. The van der Waals surface area contributed by atoms with Gasteiger partial charge in [0.15, 0.2) is 6.29 Å². The summed E-state index contributed by atoms with van der Waals surface area (Å²) in [6, 6.07) is 1.96. The maximum atomic E-state index is 12.3. The normalized spacial score (nSPS) is 26.8. The number of pyridine rings is 1. The van der Waals surface area contributed by atoms with Gasteiger partial charge in [0.2, 0.25) is 15.9 Å². The van der Waals surface area contributed by atoms with Crippen molar-refractivity contribution in [1.29, 1.82) is 0 Å². The van der Waals surface area contributed by atoms with Crippen molar-refractivity contribution in [2.45, 2.75) is 88.7 Å². The third kappa shape index (κ3) is 6.73. The molecule has 2 fully saturated rings. The third-order valence-corrected chi connectivity index (χ3v) is 8.32. The van der Waals surface area contributed by atoms with Crippen molar-refractivity contribution in [3.63, 3.8) is 0 Å². The van der Waals surface area contributed by atoms with Gasteiger partial charge in [0.1, 0.15) is 6.61 Å². The minimum Gasteiger partial charge on any atom is -0.470 e. The van der Waals surface area contributed by atoms with E-state index in [4.69, 9.17) is 9.47 Å². The lowest BCUT2D eigenvalue weighted by Crippen LogP contribution is -2.56. The molecule has 3 rings (SSSR count). The zero-order valence-electron chi connectivity index (χ0n) is 19.4. The Morgan fingerprint density at radius 2 is 2.00 bits per heavy atom. The highest BCUT2D eigenvalue weighted by molar-refractivity contribution is 7.90. The van der Waals surface area contributed by atoms with E-state index in [2.05, 4.69) is 21.1 Å². The smallest absolute Gasteiger partial charge is 0.217 e. The summed E-state index contributed by atoms with van der Waals surface area (Å²) < 4.78 is 39.3. The monoisotopic (exact) mass is 467 g/mol. The van der Waals surface area contributed by atoms with Crippen LogP contribution >= 0.6 is 0 Å². The molecule has 180 valence electrons. The predicted molar refractivity (Wildman–Crippen MR) is 123 cm³/mol. The van der Waals surface area contributed by atoms with Crippen LogP contribution < -0.4 is 14.8 Å². The number of nitrogens with one attached hydrogen (secondary N) is 2. The molecule has 1 saturated carbocycles. The van der Waals surface area contributed by atoms with Gasteiger partial charge in [-0.1, -0.05) is 0 Å². The molecule has 1 aromatic heterocycles. The van der Waals surface area contributed by atoms with Crippen molar-refractivity contribution in [2.75, 3.05) is 19.8 Å². The summed E-state index contributed by atoms with van der Waals surface area (Å²) in [7, 11) is -3.31. The van der Waals surface area contributed by atoms with Gasteiger partial charge in [-0.25, -0.2) is 18.1 Å². The maximum Gasteiger partial charge on any atom is 0.217 e. The molecule has 1 aromatic rings. The zero-order chi connectivity index (χ0) is 23.1. The molecular weight excluding hydrogens is 430 g/mol. The molecule has 2 atom stereocenters. The summed E-state index contributed by atoms with van der Waals surface area (Å²) in [6.45, 7) is 6.79. The van der Waals surface area contributed by atoms with E-state index in [1.165, 1.54) is 0 Å². The Bertz CT molecular complexity index is 853. The highest BCUT2D eigenvalue weighted by atomic mass is 32.2.